The molecule has 0 amide bonds. The van der Waals surface area contributed by atoms with Crippen LogP contribution in [0, 0.1) is 10.1 Å². The van der Waals surface area contributed by atoms with Crippen LogP contribution in [0.2, 0.25) is 0 Å². The van der Waals surface area contributed by atoms with Crippen LogP contribution < -0.4 is 5.32 Å². The number of nitrogens with zero attached hydrogens (tertiary/aromatic N) is 1. The molecule has 1 aromatic rings. The standard InChI is InChI=1S/C9H8BrF3N2O2/c1-14-6-3-2-5(10)7(8(6)15(16)17)9(12,13)4-11/h2-3,14H,4H2,1H3. The van der Waals surface area contributed by atoms with Crippen molar-refractivity contribution in [1.29, 1.82) is 0 Å². The lowest BCUT2D eigenvalue weighted by Gasteiger charge is -2.16. The number of benzene rings is 1. The summed E-state index contributed by atoms with van der Waals surface area (Å²) in [4.78, 5) is 9.84. The van der Waals surface area contributed by atoms with E-state index in [-0.39, 0.29) is 10.2 Å². The largest absolute Gasteiger partial charge is 0.383 e. The van der Waals surface area contributed by atoms with Crippen molar-refractivity contribution in [1.82, 2.24) is 0 Å². The van der Waals surface area contributed by atoms with E-state index in [1.165, 1.54) is 19.2 Å². The Bertz CT molecular complexity index is 454. The first-order chi connectivity index (χ1) is 7.85. The Kier molecular flexibility index (Phi) is 3.97. The molecule has 0 saturated carbocycles. The Morgan fingerprint density at radius 3 is 2.53 bits per heavy atom. The Labute approximate surface area is 103 Å². The van der Waals surface area contributed by atoms with Crippen LogP contribution in [-0.2, 0) is 5.92 Å². The van der Waals surface area contributed by atoms with Crippen molar-refractivity contribution >= 4 is 27.3 Å². The quantitative estimate of drug-likeness (QED) is 0.684. The van der Waals surface area contributed by atoms with Gasteiger partial charge < -0.3 is 5.32 Å². The predicted octanol–water partition coefficient (Wildman–Crippen LogP) is 3.46. The Morgan fingerprint density at radius 2 is 2.12 bits per heavy atom. The number of hydrogen-bond donors (Lipinski definition) is 1. The van der Waals surface area contributed by atoms with Crippen molar-refractivity contribution in [2.45, 2.75) is 5.92 Å². The fourth-order valence-electron chi connectivity index (χ4n) is 1.37. The zero-order valence-electron chi connectivity index (χ0n) is 8.64. The Balaban J connectivity index is 3.61. The van der Waals surface area contributed by atoms with Crippen LogP contribution in [-0.4, -0.2) is 18.6 Å². The van der Waals surface area contributed by atoms with E-state index in [9.17, 15) is 23.3 Å². The van der Waals surface area contributed by atoms with Crippen molar-refractivity contribution in [3.05, 3.63) is 32.3 Å². The summed E-state index contributed by atoms with van der Waals surface area (Å²) in [6, 6.07) is 2.47. The first kappa shape index (κ1) is 13.8. The first-order valence-electron chi connectivity index (χ1n) is 4.44. The number of halogens is 4. The van der Waals surface area contributed by atoms with E-state index in [0.29, 0.717) is 0 Å². The van der Waals surface area contributed by atoms with Crippen molar-refractivity contribution in [2.24, 2.45) is 0 Å². The number of nitro groups is 1. The van der Waals surface area contributed by atoms with Gasteiger partial charge >= 0.3 is 11.6 Å². The first-order valence-corrected chi connectivity index (χ1v) is 5.23. The predicted molar refractivity (Wildman–Crippen MR) is 60.2 cm³/mol. The number of rotatable bonds is 4. The van der Waals surface area contributed by atoms with Crippen molar-refractivity contribution in [3.8, 4) is 0 Å². The van der Waals surface area contributed by atoms with Gasteiger partial charge in [-0.1, -0.05) is 15.9 Å². The molecule has 4 nitrogen and oxygen atoms in total. The van der Waals surface area contributed by atoms with Crippen molar-refractivity contribution < 1.29 is 18.1 Å². The summed E-state index contributed by atoms with van der Waals surface area (Å²) < 4.78 is 38.8. The van der Waals surface area contributed by atoms with Gasteiger partial charge in [0, 0.05) is 11.5 Å². The molecule has 0 bridgehead atoms. The smallest absolute Gasteiger partial charge is 0.308 e. The molecule has 1 rings (SSSR count). The molecule has 1 N–H and O–H groups in total. The van der Waals surface area contributed by atoms with E-state index in [1.807, 2.05) is 0 Å². The highest BCUT2D eigenvalue weighted by molar-refractivity contribution is 9.10. The van der Waals surface area contributed by atoms with Gasteiger partial charge in [-0.2, -0.15) is 8.78 Å². The molecule has 0 aliphatic rings. The van der Waals surface area contributed by atoms with Gasteiger partial charge in [-0.25, -0.2) is 4.39 Å². The highest BCUT2D eigenvalue weighted by Crippen LogP contribution is 2.43. The summed E-state index contributed by atoms with van der Waals surface area (Å²) in [5, 5.41) is 13.2. The summed E-state index contributed by atoms with van der Waals surface area (Å²) in [6.45, 7) is -2.00. The third kappa shape index (κ3) is 2.51. The maximum absolute atomic E-state index is 13.3. The van der Waals surface area contributed by atoms with Gasteiger partial charge in [0.25, 0.3) is 0 Å². The molecule has 0 saturated heterocycles. The molecule has 0 atom stereocenters. The lowest BCUT2D eigenvalue weighted by atomic mass is 10.1. The number of nitrogens with one attached hydrogen (secondary N) is 1. The molecule has 0 heterocycles. The lowest BCUT2D eigenvalue weighted by molar-refractivity contribution is -0.386. The van der Waals surface area contributed by atoms with Crippen LogP contribution in [0.3, 0.4) is 0 Å². The van der Waals surface area contributed by atoms with Gasteiger partial charge in [0.2, 0.25) is 0 Å². The monoisotopic (exact) mass is 312 g/mol. The summed E-state index contributed by atoms with van der Waals surface area (Å²) in [7, 11) is 1.35. The Morgan fingerprint density at radius 1 is 1.53 bits per heavy atom. The van der Waals surface area contributed by atoms with Crippen LogP contribution in [0.5, 0.6) is 0 Å². The third-order valence-electron chi connectivity index (χ3n) is 2.11. The minimum absolute atomic E-state index is 0.0960. The zero-order valence-corrected chi connectivity index (χ0v) is 10.2. The van der Waals surface area contributed by atoms with Gasteiger partial charge in [-0.15, -0.1) is 0 Å². The van der Waals surface area contributed by atoms with Crippen LogP contribution in [0.4, 0.5) is 24.5 Å². The molecule has 0 radical (unpaired) electrons. The van der Waals surface area contributed by atoms with E-state index in [4.69, 9.17) is 0 Å². The highest BCUT2D eigenvalue weighted by atomic mass is 79.9. The van der Waals surface area contributed by atoms with Crippen LogP contribution in [0.15, 0.2) is 16.6 Å². The van der Waals surface area contributed by atoms with Gasteiger partial charge in [-0.05, 0) is 12.1 Å². The topological polar surface area (TPSA) is 55.2 Å². The summed E-state index contributed by atoms with van der Waals surface area (Å²) >= 11 is 2.78. The fourth-order valence-corrected chi connectivity index (χ4v) is 1.98. The molecule has 94 valence electrons. The molecular formula is C9H8BrF3N2O2. The van der Waals surface area contributed by atoms with Gasteiger partial charge in [0.05, 0.1) is 4.92 Å². The third-order valence-corrected chi connectivity index (χ3v) is 2.77. The van der Waals surface area contributed by atoms with Crippen LogP contribution in [0.1, 0.15) is 5.56 Å². The molecule has 0 fully saturated rings. The normalized spacial score (nSPS) is 11.4. The van der Waals surface area contributed by atoms with E-state index in [2.05, 4.69) is 21.2 Å². The second-order valence-electron chi connectivity index (χ2n) is 3.16. The Hall–Kier alpha value is -1.31. The molecule has 0 unspecified atom stereocenters. The van der Waals surface area contributed by atoms with Crippen LogP contribution in [0.25, 0.3) is 0 Å². The van der Waals surface area contributed by atoms with E-state index in [0.717, 1.165) is 0 Å². The maximum Gasteiger partial charge on any atom is 0.308 e. The van der Waals surface area contributed by atoms with Gasteiger partial charge in [0.1, 0.15) is 11.3 Å². The van der Waals surface area contributed by atoms with Crippen LogP contribution >= 0.6 is 15.9 Å². The van der Waals surface area contributed by atoms with E-state index in [1.54, 1.807) is 0 Å². The molecule has 1 aromatic carbocycles. The van der Waals surface area contributed by atoms with Gasteiger partial charge in [0.15, 0.2) is 6.67 Å². The minimum Gasteiger partial charge on any atom is -0.383 e. The number of nitro benzene ring substituents is 1. The molecule has 0 aliphatic carbocycles. The minimum atomic E-state index is -3.91. The SMILES string of the molecule is CNc1ccc(Br)c(C(F)(F)CF)c1[N+](=O)[O-]. The second kappa shape index (κ2) is 4.91. The fraction of sp³-hybridized carbons (Fsp3) is 0.333. The van der Waals surface area contributed by atoms with Gasteiger partial charge in [-0.3, -0.25) is 10.1 Å². The summed E-state index contributed by atoms with van der Waals surface area (Å²) in [6.07, 6.45) is 0. The number of hydrogen-bond acceptors (Lipinski definition) is 3. The average molecular weight is 313 g/mol. The van der Waals surface area contributed by atoms with E-state index >= 15 is 0 Å². The summed E-state index contributed by atoms with van der Waals surface area (Å²) in [5.74, 6) is -3.91. The zero-order chi connectivity index (χ0) is 13.2. The van der Waals surface area contributed by atoms with Crippen molar-refractivity contribution in [3.63, 3.8) is 0 Å². The summed E-state index contributed by atoms with van der Waals surface area (Å²) in [5.41, 5.74) is -1.89. The lowest BCUT2D eigenvalue weighted by Crippen LogP contribution is -2.19. The second-order valence-corrected chi connectivity index (χ2v) is 4.02. The molecule has 17 heavy (non-hydrogen) atoms. The van der Waals surface area contributed by atoms with E-state index < -0.39 is 28.8 Å². The number of anilines is 1. The van der Waals surface area contributed by atoms with Crippen molar-refractivity contribution in [2.75, 3.05) is 19.0 Å². The number of alkyl halides is 3. The molecule has 0 spiro atoms. The molecule has 0 aliphatic heterocycles. The average Bonchev–Trinajstić information content (AvgIpc) is 2.28. The molecular weight excluding hydrogens is 305 g/mol. The maximum atomic E-state index is 13.3. The highest BCUT2D eigenvalue weighted by Gasteiger charge is 2.42. The molecule has 0 aromatic heterocycles. The molecule has 8 heteroatoms.